The largest absolute Gasteiger partial charge is 0.496 e. The molecule has 4 nitrogen and oxygen atoms in total. The van der Waals surface area contributed by atoms with E-state index in [0.717, 1.165) is 6.42 Å². The first kappa shape index (κ1) is 13.9. The first-order valence-corrected chi connectivity index (χ1v) is 6.56. The molecule has 0 bridgehead atoms. The molecule has 1 aliphatic rings. The van der Waals surface area contributed by atoms with Gasteiger partial charge in [-0.05, 0) is 24.0 Å². The van der Waals surface area contributed by atoms with Gasteiger partial charge in [0.1, 0.15) is 5.75 Å². The van der Waals surface area contributed by atoms with Gasteiger partial charge < -0.3 is 14.7 Å². The van der Waals surface area contributed by atoms with Gasteiger partial charge in [0, 0.05) is 13.1 Å². The van der Waals surface area contributed by atoms with Gasteiger partial charge in [0.2, 0.25) is 0 Å². The highest BCUT2D eigenvalue weighted by molar-refractivity contribution is 5.97. The standard InChI is InChI=1S/C15H21NO3/c1-15(2)8-9-16(10-13(15)17)14(18)11-6-4-5-7-12(11)19-3/h4-7,13,17H,8-10H2,1-3H3. The van der Waals surface area contributed by atoms with E-state index in [2.05, 4.69) is 0 Å². The molecule has 1 amide bonds. The van der Waals surface area contributed by atoms with E-state index in [9.17, 15) is 9.90 Å². The molecule has 4 heteroatoms. The summed E-state index contributed by atoms with van der Waals surface area (Å²) in [5.41, 5.74) is 0.425. The molecule has 0 saturated carbocycles. The number of β-amino-alcohol motifs (C(OH)–C–C–N with tert-alkyl or cyclic N) is 1. The summed E-state index contributed by atoms with van der Waals surface area (Å²) in [6, 6.07) is 7.19. The number of para-hydroxylation sites is 1. The smallest absolute Gasteiger partial charge is 0.257 e. The second kappa shape index (κ2) is 5.21. The SMILES string of the molecule is COc1ccccc1C(=O)N1CCC(C)(C)C(O)C1. The summed E-state index contributed by atoms with van der Waals surface area (Å²) < 4.78 is 5.22. The highest BCUT2D eigenvalue weighted by Gasteiger charge is 2.36. The van der Waals surface area contributed by atoms with Gasteiger partial charge in [0.25, 0.3) is 5.91 Å². The Morgan fingerprint density at radius 1 is 1.42 bits per heavy atom. The van der Waals surface area contributed by atoms with Gasteiger partial charge in [-0.1, -0.05) is 26.0 Å². The fourth-order valence-corrected chi connectivity index (χ4v) is 2.31. The first-order valence-electron chi connectivity index (χ1n) is 6.56. The lowest BCUT2D eigenvalue weighted by molar-refractivity contribution is -0.0191. The maximum atomic E-state index is 12.5. The number of aliphatic hydroxyl groups excluding tert-OH is 1. The molecule has 1 fully saturated rings. The van der Waals surface area contributed by atoms with Crippen LogP contribution in [0.1, 0.15) is 30.6 Å². The van der Waals surface area contributed by atoms with E-state index in [1.165, 1.54) is 0 Å². The van der Waals surface area contributed by atoms with Crippen molar-refractivity contribution in [3.8, 4) is 5.75 Å². The molecule has 1 heterocycles. The molecule has 1 aromatic rings. The Labute approximate surface area is 114 Å². The van der Waals surface area contributed by atoms with E-state index >= 15 is 0 Å². The number of aliphatic hydroxyl groups is 1. The Hall–Kier alpha value is -1.55. The Kier molecular flexibility index (Phi) is 3.80. The van der Waals surface area contributed by atoms with Crippen molar-refractivity contribution in [1.82, 2.24) is 4.90 Å². The summed E-state index contributed by atoms with van der Waals surface area (Å²) in [7, 11) is 1.56. The number of piperidine rings is 1. The number of likely N-dealkylation sites (tertiary alicyclic amines) is 1. The molecule has 19 heavy (non-hydrogen) atoms. The van der Waals surface area contributed by atoms with Crippen LogP contribution >= 0.6 is 0 Å². The molecule has 0 spiro atoms. The normalized spacial score (nSPS) is 22.1. The molecule has 2 rings (SSSR count). The fraction of sp³-hybridized carbons (Fsp3) is 0.533. The van der Waals surface area contributed by atoms with Crippen molar-refractivity contribution in [3.63, 3.8) is 0 Å². The van der Waals surface area contributed by atoms with Gasteiger partial charge in [-0.15, -0.1) is 0 Å². The topological polar surface area (TPSA) is 49.8 Å². The van der Waals surface area contributed by atoms with Crippen LogP contribution in [-0.4, -0.2) is 42.2 Å². The Balaban J connectivity index is 2.17. The van der Waals surface area contributed by atoms with Crippen molar-refractivity contribution in [3.05, 3.63) is 29.8 Å². The predicted molar refractivity (Wildman–Crippen MR) is 73.3 cm³/mol. The van der Waals surface area contributed by atoms with E-state index in [4.69, 9.17) is 4.74 Å². The van der Waals surface area contributed by atoms with Crippen LogP contribution in [0.5, 0.6) is 5.75 Å². The van der Waals surface area contributed by atoms with E-state index < -0.39 is 6.10 Å². The number of rotatable bonds is 2. The van der Waals surface area contributed by atoms with Crippen LogP contribution in [0.4, 0.5) is 0 Å². The van der Waals surface area contributed by atoms with E-state index in [1.54, 1.807) is 24.1 Å². The summed E-state index contributed by atoms with van der Waals surface area (Å²) in [6.45, 7) is 5.11. The quantitative estimate of drug-likeness (QED) is 0.887. The van der Waals surface area contributed by atoms with Crippen molar-refractivity contribution < 1.29 is 14.6 Å². The van der Waals surface area contributed by atoms with Crippen molar-refractivity contribution in [2.45, 2.75) is 26.4 Å². The van der Waals surface area contributed by atoms with Crippen LogP contribution < -0.4 is 4.74 Å². The van der Waals surface area contributed by atoms with Crippen molar-refractivity contribution in [2.24, 2.45) is 5.41 Å². The highest BCUT2D eigenvalue weighted by Crippen LogP contribution is 2.31. The van der Waals surface area contributed by atoms with E-state index in [1.807, 2.05) is 26.0 Å². The minimum Gasteiger partial charge on any atom is -0.496 e. The molecular formula is C15H21NO3. The van der Waals surface area contributed by atoms with Gasteiger partial charge in [-0.3, -0.25) is 4.79 Å². The summed E-state index contributed by atoms with van der Waals surface area (Å²) >= 11 is 0. The summed E-state index contributed by atoms with van der Waals surface area (Å²) in [6.07, 6.45) is 0.314. The predicted octanol–water partition coefficient (Wildman–Crippen LogP) is 1.93. The number of methoxy groups -OCH3 is 1. The lowest BCUT2D eigenvalue weighted by Gasteiger charge is -2.41. The molecule has 0 aromatic heterocycles. The molecule has 1 aromatic carbocycles. The molecule has 1 saturated heterocycles. The fourth-order valence-electron chi connectivity index (χ4n) is 2.31. The maximum Gasteiger partial charge on any atom is 0.257 e. The molecule has 1 aliphatic heterocycles. The summed E-state index contributed by atoms with van der Waals surface area (Å²) in [4.78, 5) is 14.2. The van der Waals surface area contributed by atoms with Crippen LogP contribution in [0.3, 0.4) is 0 Å². The lowest BCUT2D eigenvalue weighted by atomic mass is 9.80. The zero-order valence-corrected chi connectivity index (χ0v) is 11.7. The average Bonchev–Trinajstić information content (AvgIpc) is 2.41. The molecule has 1 N–H and O–H groups in total. The molecule has 0 radical (unpaired) electrons. The molecule has 0 aliphatic carbocycles. The molecular weight excluding hydrogens is 242 g/mol. The lowest BCUT2D eigenvalue weighted by Crippen LogP contribution is -2.50. The number of hydrogen-bond acceptors (Lipinski definition) is 3. The Morgan fingerprint density at radius 3 is 2.74 bits per heavy atom. The van der Waals surface area contributed by atoms with E-state index in [0.29, 0.717) is 24.4 Å². The van der Waals surface area contributed by atoms with Gasteiger partial charge >= 0.3 is 0 Å². The summed E-state index contributed by atoms with van der Waals surface area (Å²) in [5.74, 6) is 0.499. The number of carbonyl (C=O) groups is 1. The van der Waals surface area contributed by atoms with Gasteiger partial charge in [0.15, 0.2) is 0 Å². The number of nitrogens with zero attached hydrogens (tertiary/aromatic N) is 1. The zero-order chi connectivity index (χ0) is 14.0. The van der Waals surface area contributed by atoms with Crippen LogP contribution in [0.25, 0.3) is 0 Å². The summed E-state index contributed by atoms with van der Waals surface area (Å²) in [5, 5.41) is 10.1. The average molecular weight is 263 g/mol. The molecule has 1 atom stereocenters. The van der Waals surface area contributed by atoms with Gasteiger partial charge in [0.05, 0.1) is 18.8 Å². The van der Waals surface area contributed by atoms with Crippen LogP contribution in [0.15, 0.2) is 24.3 Å². The highest BCUT2D eigenvalue weighted by atomic mass is 16.5. The van der Waals surface area contributed by atoms with Crippen LogP contribution in [-0.2, 0) is 0 Å². The second-order valence-corrected chi connectivity index (χ2v) is 5.71. The Morgan fingerprint density at radius 2 is 2.11 bits per heavy atom. The van der Waals surface area contributed by atoms with Crippen molar-refractivity contribution >= 4 is 5.91 Å². The van der Waals surface area contributed by atoms with Gasteiger partial charge in [-0.25, -0.2) is 0 Å². The minimum absolute atomic E-state index is 0.0769. The number of hydrogen-bond donors (Lipinski definition) is 1. The van der Waals surface area contributed by atoms with Gasteiger partial charge in [-0.2, -0.15) is 0 Å². The number of carbonyl (C=O) groups excluding carboxylic acids is 1. The number of benzene rings is 1. The van der Waals surface area contributed by atoms with E-state index in [-0.39, 0.29) is 11.3 Å². The second-order valence-electron chi connectivity index (χ2n) is 5.71. The third-order valence-corrected chi connectivity index (χ3v) is 3.95. The number of ether oxygens (including phenoxy) is 1. The van der Waals surface area contributed by atoms with Crippen LogP contribution in [0, 0.1) is 5.41 Å². The van der Waals surface area contributed by atoms with Crippen molar-refractivity contribution in [1.29, 1.82) is 0 Å². The van der Waals surface area contributed by atoms with Crippen LogP contribution in [0.2, 0.25) is 0 Å². The Bertz CT molecular complexity index is 470. The van der Waals surface area contributed by atoms with Crippen molar-refractivity contribution in [2.75, 3.05) is 20.2 Å². The first-order chi connectivity index (χ1) is 8.95. The number of amides is 1. The third kappa shape index (κ3) is 2.73. The zero-order valence-electron chi connectivity index (χ0n) is 11.7. The minimum atomic E-state index is -0.486. The monoisotopic (exact) mass is 263 g/mol. The third-order valence-electron chi connectivity index (χ3n) is 3.95. The maximum absolute atomic E-state index is 12.5. The molecule has 1 unspecified atom stereocenters. The molecule has 104 valence electrons.